The van der Waals surface area contributed by atoms with Crippen LogP contribution >= 0.6 is 0 Å². The first kappa shape index (κ1) is 21.5. The summed E-state index contributed by atoms with van der Waals surface area (Å²) in [5.74, 6) is 0.542. The number of imidazole rings is 1. The summed E-state index contributed by atoms with van der Waals surface area (Å²) in [6.07, 6.45) is 3.98. The first-order chi connectivity index (χ1) is 15.1. The fourth-order valence-corrected chi connectivity index (χ4v) is 4.44. The van der Waals surface area contributed by atoms with Crippen LogP contribution in [-0.4, -0.2) is 65.5 Å². The summed E-state index contributed by atoms with van der Waals surface area (Å²) < 4.78 is 7.44. The summed E-state index contributed by atoms with van der Waals surface area (Å²) >= 11 is 0. The van der Waals surface area contributed by atoms with Gasteiger partial charge in [0.1, 0.15) is 5.65 Å². The molecule has 3 heterocycles. The number of benzene rings is 1. The molecule has 0 N–H and O–H groups in total. The molecule has 6 nitrogen and oxygen atoms in total. The number of amides is 1. The van der Waals surface area contributed by atoms with Crippen LogP contribution in [0, 0.1) is 12.8 Å². The fourth-order valence-electron chi connectivity index (χ4n) is 4.44. The average Bonchev–Trinajstić information content (AvgIpc) is 3.38. The van der Waals surface area contributed by atoms with Crippen molar-refractivity contribution in [2.24, 2.45) is 5.92 Å². The van der Waals surface area contributed by atoms with Crippen LogP contribution in [-0.2, 0) is 17.7 Å². The van der Waals surface area contributed by atoms with Gasteiger partial charge in [-0.2, -0.15) is 0 Å². The normalized spacial score (nSPS) is 16.8. The summed E-state index contributed by atoms with van der Waals surface area (Å²) in [5, 5.41) is 0. The average molecular weight is 421 g/mol. The molecule has 2 aromatic heterocycles. The van der Waals surface area contributed by atoms with Crippen molar-refractivity contribution >= 4 is 11.6 Å². The van der Waals surface area contributed by atoms with Gasteiger partial charge in [0.15, 0.2) is 5.69 Å². The molecule has 31 heavy (non-hydrogen) atoms. The number of rotatable bonds is 8. The summed E-state index contributed by atoms with van der Waals surface area (Å²) in [4.78, 5) is 22.4. The quantitative estimate of drug-likeness (QED) is 0.560. The Balaban J connectivity index is 1.56. The van der Waals surface area contributed by atoms with Crippen molar-refractivity contribution in [3.63, 3.8) is 0 Å². The third kappa shape index (κ3) is 4.81. The van der Waals surface area contributed by atoms with Gasteiger partial charge in [0.25, 0.3) is 5.91 Å². The Bertz CT molecular complexity index is 1030. The lowest BCUT2D eigenvalue weighted by Crippen LogP contribution is -2.31. The van der Waals surface area contributed by atoms with E-state index in [0.29, 0.717) is 18.2 Å². The van der Waals surface area contributed by atoms with Crippen molar-refractivity contribution in [3.8, 4) is 0 Å². The number of carbonyl (C=O) groups excluding carboxylic acids is 1. The standard InChI is InChI=1S/C25H32N4O2/c1-19-8-7-13-29-22(17-28-15-12-21(16-28)18-31-3)23(26-24(19)29)25(30)27(2)14-11-20-9-5-4-6-10-20/h4-10,13,21H,11-12,14-18H2,1-3H3/t21-/m0/s1. The van der Waals surface area contributed by atoms with E-state index >= 15 is 0 Å². The van der Waals surface area contributed by atoms with E-state index in [2.05, 4.69) is 21.4 Å². The van der Waals surface area contributed by atoms with Crippen molar-refractivity contribution in [2.75, 3.05) is 40.4 Å². The first-order valence-corrected chi connectivity index (χ1v) is 11.0. The van der Waals surface area contributed by atoms with Gasteiger partial charge in [0.2, 0.25) is 0 Å². The summed E-state index contributed by atoms with van der Waals surface area (Å²) in [6, 6.07) is 14.4. The molecule has 1 atom stereocenters. The van der Waals surface area contributed by atoms with Crippen LogP contribution in [0.5, 0.6) is 0 Å². The van der Waals surface area contributed by atoms with Crippen molar-refractivity contribution in [1.82, 2.24) is 19.2 Å². The minimum absolute atomic E-state index is 0.0123. The van der Waals surface area contributed by atoms with Crippen LogP contribution in [0.15, 0.2) is 48.7 Å². The third-order valence-electron chi connectivity index (χ3n) is 6.22. The lowest BCUT2D eigenvalue weighted by molar-refractivity contribution is 0.0789. The van der Waals surface area contributed by atoms with Crippen molar-refractivity contribution in [1.29, 1.82) is 0 Å². The number of hydrogen-bond donors (Lipinski definition) is 0. The highest BCUT2D eigenvalue weighted by atomic mass is 16.5. The van der Waals surface area contributed by atoms with Crippen LogP contribution in [0.3, 0.4) is 0 Å². The van der Waals surface area contributed by atoms with E-state index in [4.69, 9.17) is 9.72 Å². The molecular formula is C25H32N4O2. The van der Waals surface area contributed by atoms with Crippen LogP contribution in [0.1, 0.15) is 33.7 Å². The second-order valence-electron chi connectivity index (χ2n) is 8.60. The lowest BCUT2D eigenvalue weighted by Gasteiger charge is -2.19. The molecule has 0 spiro atoms. The SMILES string of the molecule is COC[C@H]1CCN(Cc2c(C(=O)N(C)CCc3ccccc3)nc3c(C)cccn23)C1. The number of methoxy groups -OCH3 is 1. The Labute approximate surface area is 184 Å². The van der Waals surface area contributed by atoms with Crippen LogP contribution in [0.25, 0.3) is 5.65 Å². The Morgan fingerprint density at radius 2 is 2.03 bits per heavy atom. The van der Waals surface area contributed by atoms with E-state index in [1.807, 2.05) is 50.5 Å². The largest absolute Gasteiger partial charge is 0.384 e. The van der Waals surface area contributed by atoms with E-state index in [1.54, 1.807) is 12.0 Å². The van der Waals surface area contributed by atoms with Gasteiger partial charge in [0.05, 0.1) is 12.3 Å². The smallest absolute Gasteiger partial charge is 0.274 e. The predicted molar refractivity (Wildman–Crippen MR) is 122 cm³/mol. The minimum Gasteiger partial charge on any atom is -0.384 e. The van der Waals surface area contributed by atoms with E-state index in [1.165, 1.54) is 5.56 Å². The second kappa shape index (κ2) is 9.62. The molecule has 1 aliphatic rings. The Hall–Kier alpha value is -2.70. The van der Waals surface area contributed by atoms with Gasteiger partial charge in [0, 0.05) is 40.0 Å². The Kier molecular flexibility index (Phi) is 6.68. The highest BCUT2D eigenvalue weighted by Gasteiger charge is 2.27. The first-order valence-electron chi connectivity index (χ1n) is 11.0. The maximum atomic E-state index is 13.4. The van der Waals surface area contributed by atoms with Crippen molar-refractivity contribution in [2.45, 2.75) is 26.3 Å². The van der Waals surface area contributed by atoms with Crippen LogP contribution in [0.4, 0.5) is 0 Å². The topological polar surface area (TPSA) is 50.1 Å². The molecule has 0 bridgehead atoms. The van der Waals surface area contributed by atoms with Gasteiger partial charge in [-0.3, -0.25) is 9.69 Å². The number of aromatic nitrogens is 2. The number of fused-ring (bicyclic) bond motifs is 1. The van der Waals surface area contributed by atoms with Crippen molar-refractivity contribution < 1.29 is 9.53 Å². The number of aryl methyl sites for hydroxylation is 1. The zero-order valence-electron chi connectivity index (χ0n) is 18.8. The van der Waals surface area contributed by atoms with Gasteiger partial charge >= 0.3 is 0 Å². The number of pyridine rings is 1. The monoisotopic (exact) mass is 420 g/mol. The molecule has 3 aromatic rings. The molecule has 1 amide bonds. The summed E-state index contributed by atoms with van der Waals surface area (Å²) in [5.41, 5.74) is 4.72. The van der Waals surface area contributed by atoms with Crippen LogP contribution < -0.4 is 0 Å². The third-order valence-corrected chi connectivity index (χ3v) is 6.22. The molecule has 1 fully saturated rings. The highest BCUT2D eigenvalue weighted by molar-refractivity contribution is 5.94. The van der Waals surface area contributed by atoms with Gasteiger partial charge in [-0.25, -0.2) is 4.98 Å². The molecule has 6 heteroatoms. The highest BCUT2D eigenvalue weighted by Crippen LogP contribution is 2.23. The summed E-state index contributed by atoms with van der Waals surface area (Å²) in [7, 11) is 3.63. The molecule has 1 saturated heterocycles. The van der Waals surface area contributed by atoms with Gasteiger partial charge in [-0.15, -0.1) is 0 Å². The molecule has 1 aromatic carbocycles. The molecule has 0 unspecified atom stereocenters. The maximum absolute atomic E-state index is 13.4. The van der Waals surface area contributed by atoms with Gasteiger partial charge in [-0.1, -0.05) is 36.4 Å². The number of likely N-dealkylation sites (tertiary alicyclic amines) is 1. The Morgan fingerprint density at radius 1 is 1.23 bits per heavy atom. The molecule has 1 aliphatic heterocycles. The number of ether oxygens (including phenoxy) is 1. The van der Waals surface area contributed by atoms with Crippen molar-refractivity contribution in [3.05, 3.63) is 71.2 Å². The maximum Gasteiger partial charge on any atom is 0.274 e. The summed E-state index contributed by atoms with van der Waals surface area (Å²) in [6.45, 7) is 6.23. The number of carbonyl (C=O) groups is 1. The van der Waals surface area contributed by atoms with E-state index < -0.39 is 0 Å². The second-order valence-corrected chi connectivity index (χ2v) is 8.60. The van der Waals surface area contributed by atoms with E-state index in [-0.39, 0.29) is 5.91 Å². The van der Waals surface area contributed by atoms with E-state index in [9.17, 15) is 4.79 Å². The molecule has 0 aliphatic carbocycles. The minimum atomic E-state index is -0.0123. The molecule has 0 saturated carbocycles. The molecule has 4 rings (SSSR count). The number of likely N-dealkylation sites (N-methyl/N-ethyl adjacent to an activating group) is 1. The zero-order valence-corrected chi connectivity index (χ0v) is 18.8. The zero-order chi connectivity index (χ0) is 21.8. The van der Waals surface area contributed by atoms with Crippen LogP contribution in [0.2, 0.25) is 0 Å². The molecule has 0 radical (unpaired) electrons. The fraction of sp³-hybridized carbons (Fsp3) is 0.440. The number of nitrogens with zero attached hydrogens (tertiary/aromatic N) is 4. The van der Waals surface area contributed by atoms with E-state index in [0.717, 1.165) is 56.0 Å². The Morgan fingerprint density at radius 3 is 2.81 bits per heavy atom. The molecular weight excluding hydrogens is 388 g/mol. The predicted octanol–water partition coefficient (Wildman–Crippen LogP) is 3.43. The van der Waals surface area contributed by atoms with Gasteiger partial charge < -0.3 is 14.0 Å². The number of hydrogen-bond acceptors (Lipinski definition) is 4. The molecule has 164 valence electrons. The lowest BCUT2D eigenvalue weighted by atomic mass is 10.1. The van der Waals surface area contributed by atoms with Gasteiger partial charge in [-0.05, 0) is 49.4 Å².